The predicted molar refractivity (Wildman–Crippen MR) is 95.6 cm³/mol. The van der Waals surface area contributed by atoms with Crippen LogP contribution in [0.5, 0.6) is 0 Å². The average Bonchev–Trinajstić information content (AvgIpc) is 2.76. The third-order valence-corrected chi connectivity index (χ3v) is 3.29. The van der Waals surface area contributed by atoms with Crippen molar-refractivity contribution in [3.8, 4) is 0 Å². The van der Waals surface area contributed by atoms with E-state index in [4.69, 9.17) is 9.47 Å². The second kappa shape index (κ2) is 6.62. The quantitative estimate of drug-likeness (QED) is 0.698. The molecule has 2 rings (SSSR count). The van der Waals surface area contributed by atoms with Gasteiger partial charge in [0.2, 0.25) is 5.78 Å². The molecule has 0 aliphatic rings. The fraction of sp³-hybridized carbons (Fsp3) is 0.500. The Hall–Kier alpha value is -2.16. The van der Waals surface area contributed by atoms with Crippen molar-refractivity contribution in [1.29, 1.82) is 0 Å². The summed E-state index contributed by atoms with van der Waals surface area (Å²) >= 11 is 3.33. The summed E-state index contributed by atoms with van der Waals surface area (Å²) in [6, 6.07) is 1.51. The number of imide groups is 1. The SMILES string of the molecule is CC(C)(C)OC(=O)N(C(=O)OC(C)(C)C)c1ccn2c(Br)cnc2n1. The van der Waals surface area contributed by atoms with Gasteiger partial charge in [0.25, 0.3) is 0 Å². The molecule has 0 aromatic carbocycles. The number of carbonyl (C=O) groups excluding carboxylic acids is 2. The summed E-state index contributed by atoms with van der Waals surface area (Å²) in [5.41, 5.74) is -1.56. The molecule has 25 heavy (non-hydrogen) atoms. The Balaban J connectivity index is 2.44. The molecule has 2 aromatic rings. The van der Waals surface area contributed by atoms with Gasteiger partial charge < -0.3 is 9.47 Å². The number of hydrogen-bond acceptors (Lipinski definition) is 6. The average molecular weight is 413 g/mol. The van der Waals surface area contributed by atoms with Gasteiger partial charge in [-0.05, 0) is 63.5 Å². The van der Waals surface area contributed by atoms with Gasteiger partial charge in [-0.3, -0.25) is 4.40 Å². The molecular weight excluding hydrogens is 392 g/mol. The van der Waals surface area contributed by atoms with Crippen LogP contribution in [0, 0.1) is 0 Å². The number of aromatic nitrogens is 3. The summed E-state index contributed by atoms with van der Waals surface area (Å²) < 4.78 is 13.0. The molecule has 0 aliphatic heterocycles. The largest absolute Gasteiger partial charge is 0.443 e. The molecule has 2 aromatic heterocycles. The van der Waals surface area contributed by atoms with Crippen molar-refractivity contribution >= 4 is 39.7 Å². The number of amides is 2. The van der Waals surface area contributed by atoms with Crippen molar-refractivity contribution in [3.63, 3.8) is 0 Å². The molecule has 0 unspecified atom stereocenters. The van der Waals surface area contributed by atoms with Crippen LogP contribution in [0.25, 0.3) is 5.78 Å². The van der Waals surface area contributed by atoms with Crippen LogP contribution < -0.4 is 4.90 Å². The Morgan fingerprint density at radius 1 is 1.08 bits per heavy atom. The highest BCUT2D eigenvalue weighted by Crippen LogP contribution is 2.21. The maximum atomic E-state index is 12.6. The molecule has 0 saturated carbocycles. The van der Waals surface area contributed by atoms with E-state index in [0.29, 0.717) is 10.4 Å². The van der Waals surface area contributed by atoms with E-state index in [0.717, 1.165) is 4.90 Å². The zero-order valence-electron chi connectivity index (χ0n) is 15.0. The second-order valence-corrected chi connectivity index (χ2v) is 8.15. The Bertz CT molecular complexity index is 777. The van der Waals surface area contributed by atoms with Crippen LogP contribution in [0.2, 0.25) is 0 Å². The number of halogens is 1. The molecule has 0 aliphatic carbocycles. The molecule has 2 heterocycles. The summed E-state index contributed by atoms with van der Waals surface area (Å²) in [5.74, 6) is 0.385. The first-order chi connectivity index (χ1) is 11.4. The van der Waals surface area contributed by atoms with Crippen molar-refractivity contribution in [2.45, 2.75) is 52.7 Å². The number of ether oxygens (including phenoxy) is 2. The Morgan fingerprint density at radius 2 is 1.60 bits per heavy atom. The van der Waals surface area contributed by atoms with Gasteiger partial charge in [-0.25, -0.2) is 14.6 Å². The van der Waals surface area contributed by atoms with Gasteiger partial charge in [0, 0.05) is 6.20 Å². The molecule has 0 spiro atoms. The minimum Gasteiger partial charge on any atom is -0.443 e. The summed E-state index contributed by atoms with van der Waals surface area (Å²) in [5, 5.41) is 0. The normalized spacial score (nSPS) is 12.1. The first kappa shape index (κ1) is 19.2. The zero-order valence-corrected chi connectivity index (χ0v) is 16.6. The summed E-state index contributed by atoms with van der Waals surface area (Å²) in [6.45, 7) is 10.3. The third kappa shape index (κ3) is 4.91. The lowest BCUT2D eigenvalue weighted by atomic mass is 10.2. The highest BCUT2D eigenvalue weighted by atomic mass is 79.9. The Labute approximate surface area is 154 Å². The Kier molecular flexibility index (Phi) is 5.08. The van der Waals surface area contributed by atoms with Crippen molar-refractivity contribution in [3.05, 3.63) is 23.1 Å². The van der Waals surface area contributed by atoms with E-state index < -0.39 is 23.4 Å². The zero-order chi connectivity index (χ0) is 19.0. The van der Waals surface area contributed by atoms with Gasteiger partial charge in [-0.1, -0.05) is 0 Å². The van der Waals surface area contributed by atoms with Gasteiger partial charge >= 0.3 is 12.2 Å². The molecule has 2 amide bonds. The number of imidazole rings is 1. The van der Waals surface area contributed by atoms with Crippen molar-refractivity contribution < 1.29 is 19.1 Å². The lowest BCUT2D eigenvalue weighted by Crippen LogP contribution is -2.44. The molecular formula is C16H21BrN4O4. The molecule has 9 heteroatoms. The minimum absolute atomic E-state index is 0.0640. The number of nitrogens with zero attached hydrogens (tertiary/aromatic N) is 4. The number of rotatable bonds is 1. The lowest BCUT2D eigenvalue weighted by Gasteiger charge is -2.28. The van der Waals surface area contributed by atoms with E-state index in [2.05, 4.69) is 25.9 Å². The summed E-state index contributed by atoms with van der Waals surface area (Å²) in [4.78, 5) is 34.2. The molecule has 0 atom stereocenters. The van der Waals surface area contributed by atoms with Crippen LogP contribution in [-0.4, -0.2) is 37.8 Å². The Morgan fingerprint density at radius 3 is 2.08 bits per heavy atom. The summed E-state index contributed by atoms with van der Waals surface area (Å²) in [6.07, 6.45) is 1.46. The van der Waals surface area contributed by atoms with E-state index in [1.807, 2.05) is 0 Å². The number of carbonyl (C=O) groups is 2. The van der Waals surface area contributed by atoms with E-state index >= 15 is 0 Å². The van der Waals surface area contributed by atoms with Crippen LogP contribution >= 0.6 is 15.9 Å². The van der Waals surface area contributed by atoms with Crippen LogP contribution in [0.3, 0.4) is 0 Å². The van der Waals surface area contributed by atoms with Crippen LogP contribution in [-0.2, 0) is 9.47 Å². The minimum atomic E-state index is -0.871. The third-order valence-electron chi connectivity index (χ3n) is 2.70. The molecule has 0 fully saturated rings. The van der Waals surface area contributed by atoms with E-state index in [1.165, 1.54) is 6.07 Å². The number of hydrogen-bond donors (Lipinski definition) is 0. The van der Waals surface area contributed by atoms with Crippen molar-refractivity contribution in [2.24, 2.45) is 0 Å². The van der Waals surface area contributed by atoms with Gasteiger partial charge in [-0.15, -0.1) is 0 Å². The fourth-order valence-electron chi connectivity index (χ4n) is 1.83. The van der Waals surface area contributed by atoms with E-state index in [9.17, 15) is 9.59 Å². The molecule has 136 valence electrons. The van der Waals surface area contributed by atoms with Crippen molar-refractivity contribution in [2.75, 3.05) is 4.90 Å². The van der Waals surface area contributed by atoms with Gasteiger partial charge in [-0.2, -0.15) is 9.88 Å². The molecule has 0 saturated heterocycles. The monoisotopic (exact) mass is 412 g/mol. The van der Waals surface area contributed by atoms with E-state index in [-0.39, 0.29) is 5.82 Å². The van der Waals surface area contributed by atoms with Crippen LogP contribution in [0.15, 0.2) is 23.1 Å². The summed E-state index contributed by atoms with van der Waals surface area (Å²) in [7, 11) is 0. The molecule has 8 nitrogen and oxygen atoms in total. The smallest absolute Gasteiger partial charge is 0.425 e. The first-order valence-electron chi connectivity index (χ1n) is 7.63. The molecule has 0 radical (unpaired) electrons. The predicted octanol–water partition coefficient (Wildman–Crippen LogP) is 4.17. The lowest BCUT2D eigenvalue weighted by molar-refractivity contribution is 0.0429. The maximum Gasteiger partial charge on any atom is 0.425 e. The first-order valence-corrected chi connectivity index (χ1v) is 8.42. The van der Waals surface area contributed by atoms with Gasteiger partial charge in [0.1, 0.15) is 15.8 Å². The topological polar surface area (TPSA) is 86.0 Å². The van der Waals surface area contributed by atoms with Gasteiger partial charge in [0.05, 0.1) is 6.20 Å². The van der Waals surface area contributed by atoms with Crippen LogP contribution in [0.4, 0.5) is 15.4 Å². The van der Waals surface area contributed by atoms with Crippen LogP contribution in [0.1, 0.15) is 41.5 Å². The second-order valence-electron chi connectivity index (χ2n) is 7.33. The van der Waals surface area contributed by atoms with E-state index in [1.54, 1.807) is 58.3 Å². The standard InChI is InChI=1S/C16H21BrN4O4/c1-15(2,3)24-13(22)21(14(23)25-16(4,5)6)11-7-8-20-10(17)9-18-12(20)19-11/h7-9H,1-6H3. The fourth-order valence-corrected chi connectivity index (χ4v) is 2.21. The van der Waals surface area contributed by atoms with Gasteiger partial charge in [0.15, 0.2) is 5.82 Å². The molecule has 0 N–H and O–H groups in total. The van der Waals surface area contributed by atoms with Crippen molar-refractivity contribution in [1.82, 2.24) is 14.4 Å². The highest BCUT2D eigenvalue weighted by Gasteiger charge is 2.33. The highest BCUT2D eigenvalue weighted by molar-refractivity contribution is 9.10. The number of fused-ring (bicyclic) bond motifs is 1. The maximum absolute atomic E-state index is 12.6. The molecule has 0 bridgehead atoms. The number of anilines is 1.